The number of amides is 1. The predicted molar refractivity (Wildman–Crippen MR) is 56.9 cm³/mol. The highest BCUT2D eigenvalue weighted by atomic mass is 79.9. The first-order valence-corrected chi connectivity index (χ1v) is 5.07. The van der Waals surface area contributed by atoms with Crippen molar-refractivity contribution in [1.82, 2.24) is 0 Å². The molecule has 1 unspecified atom stereocenters. The van der Waals surface area contributed by atoms with Gasteiger partial charge in [0.25, 0.3) is 0 Å². The van der Waals surface area contributed by atoms with Crippen molar-refractivity contribution in [3.05, 3.63) is 30.3 Å². The molecule has 0 heterocycles. The normalized spacial score (nSPS) is 12.2. The van der Waals surface area contributed by atoms with Gasteiger partial charge in [-0.3, -0.25) is 4.79 Å². The number of para-hydroxylation sites is 1. The summed E-state index contributed by atoms with van der Waals surface area (Å²) in [6.07, 6.45) is 0.776. The molecule has 1 rings (SSSR count). The minimum atomic E-state index is -0.124. The number of carbonyl (C=O) groups is 1. The van der Waals surface area contributed by atoms with Gasteiger partial charge in [0.2, 0.25) is 5.91 Å². The molecule has 3 heteroatoms. The molecule has 0 saturated heterocycles. The summed E-state index contributed by atoms with van der Waals surface area (Å²) >= 11 is 3.27. The lowest BCUT2D eigenvalue weighted by atomic mass is 10.3. The van der Waals surface area contributed by atoms with Gasteiger partial charge >= 0.3 is 0 Å². The van der Waals surface area contributed by atoms with Gasteiger partial charge in [-0.25, -0.2) is 0 Å². The molecule has 0 bridgehead atoms. The van der Waals surface area contributed by atoms with Crippen LogP contribution in [0, 0.1) is 6.07 Å². The van der Waals surface area contributed by atoms with Crippen LogP contribution in [0.4, 0.5) is 5.69 Å². The maximum absolute atomic E-state index is 11.4. The molecule has 0 aliphatic carbocycles. The van der Waals surface area contributed by atoms with Crippen molar-refractivity contribution in [3.8, 4) is 0 Å². The third-order valence-electron chi connectivity index (χ3n) is 1.61. The summed E-state index contributed by atoms with van der Waals surface area (Å²) in [5, 5.41) is 2.75. The smallest absolute Gasteiger partial charge is 0.238 e. The van der Waals surface area contributed by atoms with E-state index >= 15 is 0 Å². The molecule has 1 aromatic carbocycles. The maximum Gasteiger partial charge on any atom is 0.238 e. The van der Waals surface area contributed by atoms with Crippen LogP contribution in [0.15, 0.2) is 24.3 Å². The fraction of sp³-hybridized carbons (Fsp3) is 0.300. The molecule has 1 N–H and O–H groups in total. The molecule has 0 fully saturated rings. The van der Waals surface area contributed by atoms with E-state index in [0.29, 0.717) is 5.69 Å². The highest BCUT2D eigenvalue weighted by molar-refractivity contribution is 9.10. The van der Waals surface area contributed by atoms with E-state index in [-0.39, 0.29) is 10.7 Å². The van der Waals surface area contributed by atoms with Crippen LogP contribution < -0.4 is 5.32 Å². The Labute approximate surface area is 86.5 Å². The number of benzene rings is 1. The lowest BCUT2D eigenvalue weighted by Crippen LogP contribution is -2.21. The molecule has 2 nitrogen and oxygen atoms in total. The van der Waals surface area contributed by atoms with Crippen molar-refractivity contribution in [1.29, 1.82) is 0 Å². The first-order chi connectivity index (χ1) is 6.24. The Morgan fingerprint density at radius 1 is 1.69 bits per heavy atom. The Kier molecular flexibility index (Phi) is 3.96. The van der Waals surface area contributed by atoms with Gasteiger partial charge in [0, 0.05) is 11.8 Å². The average molecular weight is 241 g/mol. The minimum absolute atomic E-state index is 0.0232. The molecule has 0 spiro atoms. The molecular formula is C10H11BrNO. The van der Waals surface area contributed by atoms with Crippen LogP contribution in [0.5, 0.6) is 0 Å². The summed E-state index contributed by atoms with van der Waals surface area (Å²) in [6.45, 7) is 1.95. The fourth-order valence-corrected chi connectivity index (χ4v) is 0.982. The number of alkyl halides is 1. The van der Waals surface area contributed by atoms with Crippen molar-refractivity contribution < 1.29 is 4.79 Å². The summed E-state index contributed by atoms with van der Waals surface area (Å²) in [6, 6.07) is 10.2. The molecule has 1 amide bonds. The van der Waals surface area contributed by atoms with Gasteiger partial charge < -0.3 is 5.32 Å². The van der Waals surface area contributed by atoms with Gasteiger partial charge in [-0.15, -0.1) is 0 Å². The van der Waals surface area contributed by atoms with Gasteiger partial charge in [0.15, 0.2) is 0 Å². The molecular weight excluding hydrogens is 230 g/mol. The molecule has 0 aliphatic heterocycles. The van der Waals surface area contributed by atoms with Crippen LogP contribution in [0.25, 0.3) is 0 Å². The van der Waals surface area contributed by atoms with E-state index in [0.717, 1.165) is 6.42 Å². The van der Waals surface area contributed by atoms with Crippen molar-refractivity contribution in [2.24, 2.45) is 0 Å². The number of halogens is 1. The third-order valence-corrected chi connectivity index (χ3v) is 2.67. The number of hydrogen-bond acceptors (Lipinski definition) is 1. The zero-order valence-corrected chi connectivity index (χ0v) is 8.97. The number of carbonyl (C=O) groups excluding carboxylic acids is 1. The molecule has 1 aromatic rings. The second kappa shape index (κ2) is 5.02. The Hall–Kier alpha value is -0.830. The summed E-state index contributed by atoms with van der Waals surface area (Å²) in [5.41, 5.74) is 0.713. The Morgan fingerprint density at radius 3 is 3.00 bits per heavy atom. The first-order valence-electron chi connectivity index (χ1n) is 4.15. The topological polar surface area (TPSA) is 29.1 Å². The van der Waals surface area contributed by atoms with Gasteiger partial charge in [0.1, 0.15) is 0 Å². The van der Waals surface area contributed by atoms with E-state index in [2.05, 4.69) is 27.3 Å². The van der Waals surface area contributed by atoms with Gasteiger partial charge in [0.05, 0.1) is 4.83 Å². The quantitative estimate of drug-likeness (QED) is 0.809. The predicted octanol–water partition coefficient (Wildman–Crippen LogP) is 2.60. The van der Waals surface area contributed by atoms with Crippen molar-refractivity contribution in [2.75, 3.05) is 5.32 Å². The van der Waals surface area contributed by atoms with Crippen LogP contribution in [0.2, 0.25) is 0 Å². The van der Waals surface area contributed by atoms with Gasteiger partial charge in [-0.2, -0.15) is 0 Å². The van der Waals surface area contributed by atoms with Crippen LogP contribution >= 0.6 is 15.9 Å². The van der Waals surface area contributed by atoms with Gasteiger partial charge in [-0.05, 0) is 12.5 Å². The molecule has 0 aromatic heterocycles. The average Bonchev–Trinajstić information content (AvgIpc) is 2.18. The zero-order valence-electron chi connectivity index (χ0n) is 7.38. The molecule has 0 saturated carbocycles. The second-order valence-corrected chi connectivity index (χ2v) is 3.75. The monoisotopic (exact) mass is 240 g/mol. The standard InChI is InChI=1S/C10H11BrNO/c1-2-9(11)10(13)12-8-6-4-3-5-7-8/h3-6,9H,2H2,1H3,(H,12,13). The molecule has 0 aliphatic rings. The molecule has 1 atom stereocenters. The van der Waals surface area contributed by atoms with Crippen molar-refractivity contribution in [3.63, 3.8) is 0 Å². The van der Waals surface area contributed by atoms with Crippen LogP contribution in [-0.4, -0.2) is 10.7 Å². The van der Waals surface area contributed by atoms with E-state index in [1.165, 1.54) is 0 Å². The van der Waals surface area contributed by atoms with Crippen molar-refractivity contribution >= 4 is 27.5 Å². The van der Waals surface area contributed by atoms with Crippen LogP contribution in [0.1, 0.15) is 13.3 Å². The Bertz CT molecular complexity index is 274. The number of rotatable bonds is 3. The summed E-state index contributed by atoms with van der Waals surface area (Å²) in [4.78, 5) is 11.2. The number of hydrogen-bond donors (Lipinski definition) is 1. The number of nitrogens with one attached hydrogen (secondary N) is 1. The zero-order chi connectivity index (χ0) is 9.68. The second-order valence-electron chi connectivity index (χ2n) is 2.64. The van der Waals surface area contributed by atoms with E-state index in [9.17, 15) is 4.79 Å². The van der Waals surface area contributed by atoms with E-state index in [4.69, 9.17) is 0 Å². The largest absolute Gasteiger partial charge is 0.325 e. The summed E-state index contributed by atoms with van der Waals surface area (Å²) in [5.74, 6) is -0.0232. The van der Waals surface area contributed by atoms with E-state index in [1.807, 2.05) is 25.1 Å². The third kappa shape index (κ3) is 3.19. The Balaban J connectivity index is 2.55. The minimum Gasteiger partial charge on any atom is -0.325 e. The lowest BCUT2D eigenvalue weighted by molar-refractivity contribution is -0.115. The van der Waals surface area contributed by atoms with E-state index < -0.39 is 0 Å². The SMILES string of the molecule is CCC(Br)C(=O)Nc1[c]cccc1. The Morgan fingerprint density at radius 2 is 2.46 bits per heavy atom. The van der Waals surface area contributed by atoms with Crippen LogP contribution in [0.3, 0.4) is 0 Å². The summed E-state index contributed by atoms with van der Waals surface area (Å²) in [7, 11) is 0. The van der Waals surface area contributed by atoms with Crippen molar-refractivity contribution in [2.45, 2.75) is 18.2 Å². The maximum atomic E-state index is 11.4. The molecule has 69 valence electrons. The fourth-order valence-electron chi connectivity index (χ4n) is 0.868. The van der Waals surface area contributed by atoms with E-state index in [1.54, 1.807) is 6.07 Å². The highest BCUT2D eigenvalue weighted by Gasteiger charge is 2.11. The summed E-state index contributed by atoms with van der Waals surface area (Å²) < 4.78 is 0. The highest BCUT2D eigenvalue weighted by Crippen LogP contribution is 2.09. The number of anilines is 1. The molecule has 1 radical (unpaired) electrons. The van der Waals surface area contributed by atoms with Gasteiger partial charge in [-0.1, -0.05) is 41.1 Å². The van der Waals surface area contributed by atoms with Crippen LogP contribution in [-0.2, 0) is 4.79 Å². The molecule has 13 heavy (non-hydrogen) atoms. The first kappa shape index (κ1) is 10.3. The lowest BCUT2D eigenvalue weighted by Gasteiger charge is -2.07.